The summed E-state index contributed by atoms with van der Waals surface area (Å²) >= 11 is 6.02. The quantitative estimate of drug-likeness (QED) is 0.457. The summed E-state index contributed by atoms with van der Waals surface area (Å²) in [6.45, 7) is 3.67. The number of carboxylic acid groups (broad SMARTS) is 1. The van der Waals surface area contributed by atoms with Gasteiger partial charge < -0.3 is 10.2 Å². The Kier molecular flexibility index (Phi) is 6.46. The normalized spacial score (nSPS) is 12.3. The topological polar surface area (TPSA) is 79.5 Å². The second-order valence-electron chi connectivity index (χ2n) is 7.36. The molecule has 0 spiro atoms. The van der Waals surface area contributed by atoms with E-state index in [-0.39, 0.29) is 5.52 Å². The third kappa shape index (κ3) is 4.05. The van der Waals surface area contributed by atoms with Crippen LogP contribution in [-0.4, -0.2) is 26.7 Å². The molecule has 0 aliphatic heterocycles. The van der Waals surface area contributed by atoms with Gasteiger partial charge in [0, 0.05) is 27.7 Å². The number of hydrogen-bond acceptors (Lipinski definition) is 3. The molecule has 2 N–H and O–H groups in total. The van der Waals surface area contributed by atoms with Crippen molar-refractivity contribution in [1.82, 2.24) is 4.57 Å². The van der Waals surface area contributed by atoms with Gasteiger partial charge in [0.25, 0.3) is 5.91 Å². The predicted molar refractivity (Wildman–Crippen MR) is 114 cm³/mol. The summed E-state index contributed by atoms with van der Waals surface area (Å²) in [7, 11) is 0. The van der Waals surface area contributed by atoms with E-state index in [4.69, 9.17) is 11.6 Å². The van der Waals surface area contributed by atoms with E-state index >= 15 is 0 Å². The van der Waals surface area contributed by atoms with Crippen LogP contribution in [0, 0.1) is 12.7 Å². The van der Waals surface area contributed by atoms with E-state index in [9.17, 15) is 24.2 Å². The van der Waals surface area contributed by atoms with Crippen LogP contribution in [0.4, 0.5) is 4.39 Å². The number of halogens is 2. The molecular formula is C23H23ClFNO4. The Morgan fingerprint density at radius 2 is 1.93 bits per heavy atom. The fraction of sp³-hybridized carbons (Fsp3) is 0.304. The van der Waals surface area contributed by atoms with Gasteiger partial charge in [-0.15, -0.1) is 0 Å². The zero-order valence-electron chi connectivity index (χ0n) is 16.8. The molecule has 1 aromatic heterocycles. The first-order chi connectivity index (χ1) is 14.3. The van der Waals surface area contributed by atoms with Crippen LogP contribution >= 0.6 is 11.6 Å². The number of aliphatic carboxylic acids is 1. The molecule has 0 bridgehead atoms. The number of phenols is 1. The molecule has 0 aliphatic carbocycles. The molecule has 3 aromatic rings. The third-order valence-electron chi connectivity index (χ3n) is 5.34. The molecule has 3 rings (SSSR count). The first-order valence-corrected chi connectivity index (χ1v) is 10.2. The highest BCUT2D eigenvalue weighted by Gasteiger charge is 2.30. The molecule has 5 nitrogen and oxygen atoms in total. The van der Waals surface area contributed by atoms with Gasteiger partial charge in [-0.25, -0.2) is 4.39 Å². The molecule has 0 saturated heterocycles. The summed E-state index contributed by atoms with van der Waals surface area (Å²) in [6.07, 6.45) is 2.90. The van der Waals surface area contributed by atoms with Crippen LogP contribution in [0.2, 0.25) is 5.02 Å². The minimum atomic E-state index is -1.02. The highest BCUT2D eigenvalue weighted by Crippen LogP contribution is 2.38. The van der Waals surface area contributed by atoms with E-state index in [2.05, 4.69) is 0 Å². The van der Waals surface area contributed by atoms with Crippen molar-refractivity contribution in [2.24, 2.45) is 0 Å². The number of carbonyl (C=O) groups excluding carboxylic acids is 1. The van der Waals surface area contributed by atoms with Crippen LogP contribution in [0.3, 0.4) is 0 Å². The molecule has 0 fully saturated rings. The van der Waals surface area contributed by atoms with Crippen molar-refractivity contribution in [3.63, 3.8) is 0 Å². The fourth-order valence-corrected chi connectivity index (χ4v) is 4.08. The van der Waals surface area contributed by atoms with Gasteiger partial charge in [0.1, 0.15) is 0 Å². The second-order valence-corrected chi connectivity index (χ2v) is 7.79. The molecule has 158 valence electrons. The summed E-state index contributed by atoms with van der Waals surface area (Å²) < 4.78 is 15.5. The minimum Gasteiger partial charge on any atom is -0.505 e. The highest BCUT2D eigenvalue weighted by atomic mass is 35.5. The lowest BCUT2D eigenvalue weighted by Gasteiger charge is -2.14. The Balaban J connectivity index is 2.25. The highest BCUT2D eigenvalue weighted by molar-refractivity contribution is 6.31. The molecule has 1 unspecified atom stereocenters. The van der Waals surface area contributed by atoms with Crippen molar-refractivity contribution in [2.75, 3.05) is 0 Å². The molecule has 0 amide bonds. The summed E-state index contributed by atoms with van der Waals surface area (Å²) in [5.74, 6) is -3.82. The van der Waals surface area contributed by atoms with Gasteiger partial charge in [-0.2, -0.15) is 0 Å². The third-order valence-corrected chi connectivity index (χ3v) is 5.57. The second kappa shape index (κ2) is 8.88. The Bertz CT molecular complexity index is 1120. The summed E-state index contributed by atoms with van der Waals surface area (Å²) in [4.78, 5) is 25.4. The Labute approximate surface area is 178 Å². The maximum atomic E-state index is 14.2. The molecule has 30 heavy (non-hydrogen) atoms. The van der Waals surface area contributed by atoms with Gasteiger partial charge in [0.2, 0.25) is 0 Å². The van der Waals surface area contributed by atoms with Crippen molar-refractivity contribution >= 4 is 34.4 Å². The molecule has 0 radical (unpaired) electrons. The van der Waals surface area contributed by atoms with Gasteiger partial charge in [0.15, 0.2) is 11.6 Å². The maximum absolute atomic E-state index is 14.2. The Morgan fingerprint density at radius 1 is 1.20 bits per heavy atom. The van der Waals surface area contributed by atoms with Crippen LogP contribution in [0.1, 0.15) is 60.1 Å². The summed E-state index contributed by atoms with van der Waals surface area (Å²) in [5.41, 5.74) is 1.33. The van der Waals surface area contributed by atoms with E-state index in [0.717, 1.165) is 18.9 Å². The predicted octanol–water partition coefficient (Wildman–Crippen LogP) is 5.88. The van der Waals surface area contributed by atoms with Crippen LogP contribution < -0.4 is 0 Å². The van der Waals surface area contributed by atoms with Crippen molar-refractivity contribution in [2.45, 2.75) is 45.4 Å². The van der Waals surface area contributed by atoms with Gasteiger partial charge in [-0.1, -0.05) is 43.9 Å². The monoisotopic (exact) mass is 431 g/mol. The number of phenolic OH excluding ortho intramolecular Hbond substituents is 1. The lowest BCUT2D eigenvalue weighted by Crippen LogP contribution is -2.16. The number of aromatic hydroxyl groups is 1. The van der Waals surface area contributed by atoms with Crippen molar-refractivity contribution in [3.8, 4) is 5.75 Å². The van der Waals surface area contributed by atoms with Gasteiger partial charge in [-0.05, 0) is 43.2 Å². The van der Waals surface area contributed by atoms with Crippen molar-refractivity contribution in [3.05, 3.63) is 64.1 Å². The number of aromatic nitrogens is 1. The molecule has 1 atom stereocenters. The van der Waals surface area contributed by atoms with Crippen molar-refractivity contribution in [1.29, 1.82) is 0 Å². The molecule has 0 saturated carbocycles. The number of carboxylic acids is 1. The van der Waals surface area contributed by atoms with E-state index in [1.54, 1.807) is 25.1 Å². The van der Waals surface area contributed by atoms with Gasteiger partial charge in [-0.3, -0.25) is 14.2 Å². The number of benzene rings is 2. The fourth-order valence-electron chi connectivity index (χ4n) is 3.89. The van der Waals surface area contributed by atoms with Crippen LogP contribution in [0.5, 0.6) is 5.75 Å². The molecule has 2 aromatic carbocycles. The number of carbonyl (C=O) groups is 2. The minimum absolute atomic E-state index is 0.213. The largest absolute Gasteiger partial charge is 0.505 e. The van der Waals surface area contributed by atoms with E-state index in [1.807, 2.05) is 6.92 Å². The zero-order valence-corrected chi connectivity index (χ0v) is 17.5. The Hall–Kier alpha value is -2.86. The average Bonchev–Trinajstić information content (AvgIpc) is 2.96. The van der Waals surface area contributed by atoms with E-state index < -0.39 is 29.4 Å². The van der Waals surface area contributed by atoms with Crippen LogP contribution in [0.25, 0.3) is 10.9 Å². The molecule has 0 aliphatic rings. The molecule has 7 heteroatoms. The number of fused-ring (bicyclic) bond motifs is 1. The van der Waals surface area contributed by atoms with Crippen LogP contribution in [-0.2, 0) is 4.79 Å². The van der Waals surface area contributed by atoms with E-state index in [1.165, 1.54) is 16.7 Å². The lowest BCUT2D eigenvalue weighted by molar-refractivity contribution is -0.139. The summed E-state index contributed by atoms with van der Waals surface area (Å²) in [5, 5.41) is 20.6. The van der Waals surface area contributed by atoms with Gasteiger partial charge in [0.05, 0.1) is 11.4 Å². The Morgan fingerprint density at radius 3 is 2.57 bits per heavy atom. The smallest absolute Gasteiger partial charge is 0.311 e. The number of hydrogen-bond donors (Lipinski definition) is 2. The average molecular weight is 432 g/mol. The zero-order chi connectivity index (χ0) is 22.0. The first kappa shape index (κ1) is 21.8. The standard InChI is InChI=1S/C23H23ClFNO4/c1-3-4-5-9-16(23(29)30)21-13(2)26(19-12-18(25)20(27)11-17(19)21)22(28)14-7-6-8-15(24)10-14/h6-8,10-12,16,27H,3-5,9H2,1-2H3,(H,29,30). The number of unbranched alkanes of at least 4 members (excludes halogenated alkanes) is 2. The number of rotatable bonds is 7. The maximum Gasteiger partial charge on any atom is 0.311 e. The van der Waals surface area contributed by atoms with Crippen LogP contribution in [0.15, 0.2) is 36.4 Å². The van der Waals surface area contributed by atoms with Gasteiger partial charge >= 0.3 is 5.97 Å². The molecule has 1 heterocycles. The lowest BCUT2D eigenvalue weighted by atomic mass is 9.91. The van der Waals surface area contributed by atoms with E-state index in [0.29, 0.717) is 40.1 Å². The summed E-state index contributed by atoms with van der Waals surface area (Å²) in [6, 6.07) is 8.62. The SMILES string of the molecule is CCCCCC(C(=O)O)c1c(C)n(C(=O)c2cccc(Cl)c2)c2cc(F)c(O)cc12. The number of nitrogens with zero attached hydrogens (tertiary/aromatic N) is 1. The molecular weight excluding hydrogens is 409 g/mol. The van der Waals surface area contributed by atoms with Crippen molar-refractivity contribution < 1.29 is 24.2 Å². The first-order valence-electron chi connectivity index (χ1n) is 9.82.